The number of sulfonamides is 1. The van der Waals surface area contributed by atoms with Gasteiger partial charge in [-0.3, -0.25) is 0 Å². The molecule has 9 nitrogen and oxygen atoms in total. The topological polar surface area (TPSA) is 118 Å². The van der Waals surface area contributed by atoms with E-state index >= 15 is 0 Å². The minimum atomic E-state index is -4.09. The lowest BCUT2D eigenvalue weighted by atomic mass is 9.95. The predicted octanol–water partition coefficient (Wildman–Crippen LogP) is 4.21. The highest BCUT2D eigenvalue weighted by Gasteiger charge is 2.22. The molecule has 1 fully saturated rings. The molecule has 1 amide bonds. The summed E-state index contributed by atoms with van der Waals surface area (Å²) in [6, 6.07) is 6.65. The average Bonchev–Trinajstić information content (AvgIpc) is 2.89. The van der Waals surface area contributed by atoms with E-state index in [0.717, 1.165) is 32.0 Å². The molecular formula is C27H31ClFN3O6S. The quantitative estimate of drug-likeness (QED) is 0.384. The summed E-state index contributed by atoms with van der Waals surface area (Å²) in [5.41, 5.74) is 0.772. The summed E-state index contributed by atoms with van der Waals surface area (Å²) in [7, 11) is -1.05. The van der Waals surface area contributed by atoms with Crippen LogP contribution in [0.1, 0.15) is 36.0 Å². The van der Waals surface area contributed by atoms with Crippen molar-refractivity contribution in [3.8, 4) is 5.75 Å². The van der Waals surface area contributed by atoms with Gasteiger partial charge >= 0.3 is 11.7 Å². The number of halogens is 2. The van der Waals surface area contributed by atoms with Crippen molar-refractivity contribution in [2.75, 3.05) is 33.7 Å². The van der Waals surface area contributed by atoms with Crippen LogP contribution in [0, 0.1) is 18.7 Å². The van der Waals surface area contributed by atoms with Gasteiger partial charge in [0.05, 0.1) is 5.02 Å². The number of aryl methyl sites for hydroxylation is 1. The molecule has 0 radical (unpaired) electrons. The Balaban J connectivity index is 1.58. The van der Waals surface area contributed by atoms with Gasteiger partial charge in [0, 0.05) is 44.1 Å². The summed E-state index contributed by atoms with van der Waals surface area (Å²) in [5.74, 6) is -0.411. The minimum absolute atomic E-state index is 0.0109. The van der Waals surface area contributed by atoms with E-state index in [-0.39, 0.29) is 34.9 Å². The van der Waals surface area contributed by atoms with Crippen LogP contribution in [0.15, 0.2) is 44.4 Å². The van der Waals surface area contributed by atoms with E-state index < -0.39 is 32.5 Å². The summed E-state index contributed by atoms with van der Waals surface area (Å²) in [4.78, 5) is 25.6. The number of carbonyl (C=O) groups excluding carboxylic acids is 1. The number of rotatable bonds is 8. The number of ether oxygens (including phenoxy) is 1. The normalized spacial score (nSPS) is 14.5. The summed E-state index contributed by atoms with van der Waals surface area (Å²) in [6.07, 6.45) is 2.00. The molecule has 12 heteroatoms. The molecule has 2 heterocycles. The second kappa shape index (κ2) is 12.0. The Morgan fingerprint density at radius 3 is 2.64 bits per heavy atom. The highest BCUT2D eigenvalue weighted by molar-refractivity contribution is 7.89. The molecule has 0 spiro atoms. The maximum Gasteiger partial charge on any atom is 0.414 e. The SMILES string of the molecule is Cc1c(Cc2ccc(F)c(S(=O)(=O)NCCC3CCNCC3)c2)c(=O)oc2cc(OC(=O)N(C)C)c(Cl)cc12. The highest BCUT2D eigenvalue weighted by atomic mass is 35.5. The Kier molecular flexibility index (Phi) is 8.95. The fraction of sp³-hybridized carbons (Fsp3) is 0.407. The van der Waals surface area contributed by atoms with Crippen molar-refractivity contribution in [3.63, 3.8) is 0 Å². The molecule has 1 saturated heterocycles. The molecular weight excluding hydrogens is 549 g/mol. The number of benzene rings is 2. The molecule has 2 N–H and O–H groups in total. The standard InChI is InChI=1S/C27H31ClFN3O6S/c1-16-19-14-21(28)24(38-27(34)32(2)3)15-23(19)37-26(33)20(16)12-18-4-5-22(29)25(13-18)39(35,36)31-11-8-17-6-9-30-10-7-17/h4-5,13-15,17,30-31H,6-12H2,1-3H3. The summed E-state index contributed by atoms with van der Waals surface area (Å²) >= 11 is 6.32. The van der Waals surface area contributed by atoms with Crippen LogP contribution in [-0.2, 0) is 16.4 Å². The molecule has 3 aromatic rings. The van der Waals surface area contributed by atoms with Crippen molar-refractivity contribution in [3.05, 3.63) is 68.3 Å². The third-order valence-electron chi connectivity index (χ3n) is 6.87. The molecule has 1 aliphatic rings. The van der Waals surface area contributed by atoms with Gasteiger partial charge in [-0.25, -0.2) is 27.1 Å². The first kappa shape index (κ1) is 29.0. The molecule has 2 aromatic carbocycles. The molecule has 4 rings (SSSR count). The zero-order chi connectivity index (χ0) is 28.3. The van der Waals surface area contributed by atoms with Gasteiger partial charge in [-0.2, -0.15) is 0 Å². The van der Waals surface area contributed by atoms with Gasteiger partial charge in [0.25, 0.3) is 0 Å². The number of nitrogens with zero attached hydrogens (tertiary/aromatic N) is 1. The van der Waals surface area contributed by atoms with Crippen LogP contribution in [0.2, 0.25) is 5.02 Å². The van der Waals surface area contributed by atoms with Gasteiger partial charge in [0.15, 0.2) is 5.75 Å². The fourth-order valence-corrected chi connectivity index (χ4v) is 5.95. The Morgan fingerprint density at radius 2 is 1.95 bits per heavy atom. The third-order valence-corrected chi connectivity index (χ3v) is 8.64. The van der Waals surface area contributed by atoms with Crippen molar-refractivity contribution < 1.29 is 26.8 Å². The number of fused-ring (bicyclic) bond motifs is 1. The molecule has 210 valence electrons. The van der Waals surface area contributed by atoms with Crippen molar-refractivity contribution in [2.24, 2.45) is 5.92 Å². The van der Waals surface area contributed by atoms with Crippen molar-refractivity contribution in [2.45, 2.75) is 37.5 Å². The summed E-state index contributed by atoms with van der Waals surface area (Å²) in [6.45, 7) is 3.75. The zero-order valence-electron chi connectivity index (χ0n) is 22.0. The van der Waals surface area contributed by atoms with E-state index in [1.165, 1.54) is 43.3 Å². The van der Waals surface area contributed by atoms with E-state index in [9.17, 15) is 22.4 Å². The second-order valence-electron chi connectivity index (χ2n) is 9.86. The number of nitrogens with one attached hydrogen (secondary N) is 2. The van der Waals surface area contributed by atoms with Crippen LogP contribution in [0.3, 0.4) is 0 Å². The summed E-state index contributed by atoms with van der Waals surface area (Å²) in [5, 5.41) is 3.94. The van der Waals surface area contributed by atoms with Gasteiger partial charge in [0.2, 0.25) is 10.0 Å². The van der Waals surface area contributed by atoms with Crippen LogP contribution in [0.4, 0.5) is 9.18 Å². The van der Waals surface area contributed by atoms with Crippen molar-refractivity contribution in [1.29, 1.82) is 0 Å². The Hall–Kier alpha value is -2.99. The lowest BCUT2D eigenvalue weighted by Gasteiger charge is -2.22. The predicted molar refractivity (Wildman–Crippen MR) is 147 cm³/mol. The molecule has 0 aliphatic carbocycles. The molecule has 0 unspecified atom stereocenters. The number of piperidine rings is 1. The van der Waals surface area contributed by atoms with Crippen LogP contribution in [-0.4, -0.2) is 53.1 Å². The maximum absolute atomic E-state index is 14.6. The average molecular weight is 580 g/mol. The molecule has 0 atom stereocenters. The summed E-state index contributed by atoms with van der Waals surface area (Å²) < 4.78 is 53.6. The first-order chi connectivity index (χ1) is 18.5. The van der Waals surface area contributed by atoms with E-state index in [2.05, 4.69) is 10.0 Å². The lowest BCUT2D eigenvalue weighted by Crippen LogP contribution is -2.31. The van der Waals surface area contributed by atoms with Gasteiger partial charge < -0.3 is 19.4 Å². The smallest absolute Gasteiger partial charge is 0.414 e. The van der Waals surface area contributed by atoms with Crippen LogP contribution in [0.5, 0.6) is 5.75 Å². The Morgan fingerprint density at radius 1 is 1.23 bits per heavy atom. The fourth-order valence-electron chi connectivity index (χ4n) is 4.57. The monoisotopic (exact) mass is 579 g/mol. The molecule has 1 aromatic heterocycles. The number of hydrogen-bond donors (Lipinski definition) is 2. The molecule has 0 bridgehead atoms. The number of carbonyl (C=O) groups is 1. The van der Waals surface area contributed by atoms with E-state index in [1.807, 2.05) is 0 Å². The number of hydrogen-bond acceptors (Lipinski definition) is 7. The second-order valence-corrected chi connectivity index (χ2v) is 12.0. The first-order valence-electron chi connectivity index (χ1n) is 12.6. The Labute approximate surface area is 231 Å². The minimum Gasteiger partial charge on any atom is -0.422 e. The highest BCUT2D eigenvalue weighted by Crippen LogP contribution is 2.33. The van der Waals surface area contributed by atoms with Gasteiger partial charge in [-0.05, 0) is 74.5 Å². The van der Waals surface area contributed by atoms with E-state index in [1.54, 1.807) is 6.92 Å². The molecule has 0 saturated carbocycles. The van der Waals surface area contributed by atoms with Crippen molar-refractivity contribution >= 4 is 38.7 Å². The van der Waals surface area contributed by atoms with Crippen LogP contribution in [0.25, 0.3) is 11.0 Å². The van der Waals surface area contributed by atoms with Crippen molar-refractivity contribution in [1.82, 2.24) is 14.9 Å². The molecule has 39 heavy (non-hydrogen) atoms. The van der Waals surface area contributed by atoms with Gasteiger partial charge in [-0.1, -0.05) is 17.7 Å². The van der Waals surface area contributed by atoms with Gasteiger partial charge in [0.1, 0.15) is 16.3 Å². The third kappa shape index (κ3) is 6.78. The maximum atomic E-state index is 14.6. The van der Waals surface area contributed by atoms with Crippen LogP contribution < -0.4 is 20.4 Å². The van der Waals surface area contributed by atoms with E-state index in [0.29, 0.717) is 28.9 Å². The molecule has 1 aliphatic heterocycles. The largest absolute Gasteiger partial charge is 0.422 e. The number of amides is 1. The Bertz CT molecular complexity index is 1550. The zero-order valence-corrected chi connectivity index (χ0v) is 23.5. The van der Waals surface area contributed by atoms with Gasteiger partial charge in [-0.15, -0.1) is 0 Å². The lowest BCUT2D eigenvalue weighted by molar-refractivity contribution is 0.172. The van der Waals surface area contributed by atoms with Crippen LogP contribution >= 0.6 is 11.6 Å². The van der Waals surface area contributed by atoms with E-state index in [4.69, 9.17) is 20.8 Å². The first-order valence-corrected chi connectivity index (χ1v) is 14.5.